The van der Waals surface area contributed by atoms with Crippen LogP contribution in [0.1, 0.15) is 0 Å². The molecule has 154 valence electrons. The van der Waals surface area contributed by atoms with E-state index in [0.29, 0.717) is 0 Å². The average molecular weight is 538 g/mol. The van der Waals surface area contributed by atoms with Crippen LogP contribution >= 0.6 is 0 Å². The van der Waals surface area contributed by atoms with Crippen LogP contribution in [0, 0.1) is 0 Å². The predicted molar refractivity (Wildman–Crippen MR) is 37.2 cm³/mol. The molecule has 0 aromatic rings. The van der Waals surface area contributed by atoms with Crippen LogP contribution < -0.4 is 0 Å². The Bertz CT molecular complexity index is 269. The van der Waals surface area contributed by atoms with Gasteiger partial charge in [-0.1, -0.05) is 0 Å². The van der Waals surface area contributed by atoms with E-state index in [1.165, 1.54) is 0 Å². The van der Waals surface area contributed by atoms with Crippen molar-refractivity contribution in [3.8, 4) is 0 Å². The minimum atomic E-state index is -10.8. The van der Waals surface area contributed by atoms with Gasteiger partial charge in [-0.15, -0.1) is 0 Å². The number of halogens is 18. The van der Waals surface area contributed by atoms with E-state index < -0.39 is 25.9 Å². The summed E-state index contributed by atoms with van der Waals surface area (Å²) in [7, 11) is -32.5. The Labute approximate surface area is 134 Å². The minimum absolute atomic E-state index is 0. The van der Waals surface area contributed by atoms with Gasteiger partial charge in [0, 0.05) is 0 Å². The quantitative estimate of drug-likeness (QED) is 0.190. The molecule has 0 spiro atoms. The van der Waals surface area contributed by atoms with Gasteiger partial charge < -0.3 is 0 Å². The van der Waals surface area contributed by atoms with Crippen molar-refractivity contribution in [2.75, 3.05) is 0 Å². The molecule has 0 atom stereocenters. The van der Waals surface area contributed by atoms with Crippen molar-refractivity contribution in [2.24, 2.45) is 0 Å². The summed E-state index contributed by atoms with van der Waals surface area (Å²) in [4.78, 5) is 0. The fourth-order valence-corrected chi connectivity index (χ4v) is 0. The monoisotopic (exact) mass is 538 g/mol. The topological polar surface area (TPSA) is 0 Å². The van der Waals surface area contributed by atoms with E-state index in [1.54, 1.807) is 0 Å². The molecule has 0 aliphatic heterocycles. The standard InChI is InChI=1S/3F6Si.2Fe/c3*1-7(2,3,4,5)6;;/q3*-2;2*+3. The molecule has 0 fully saturated rings. The van der Waals surface area contributed by atoms with Gasteiger partial charge in [-0.3, -0.25) is 0 Å². The molecule has 23 heavy (non-hydrogen) atoms. The van der Waals surface area contributed by atoms with Gasteiger partial charge >= 0.3 is 134 Å². The van der Waals surface area contributed by atoms with Crippen LogP contribution in [0.15, 0.2) is 0 Å². The van der Waals surface area contributed by atoms with Crippen LogP contribution in [0.4, 0.5) is 73.9 Å². The smallest absolute Gasteiger partial charge is 3.00 e. The molecule has 0 rings (SSSR count). The van der Waals surface area contributed by atoms with Crippen molar-refractivity contribution in [3.05, 3.63) is 0 Å². The zero-order chi connectivity index (χ0) is 19.2. The number of hydrogen-bond acceptors (Lipinski definition) is 0. The first kappa shape index (κ1) is 34.7. The molecule has 2 radical (unpaired) electrons. The molecule has 0 aromatic carbocycles. The van der Waals surface area contributed by atoms with Gasteiger partial charge in [0.25, 0.3) is 0 Å². The summed E-state index contributed by atoms with van der Waals surface area (Å²) in [5.41, 5.74) is 0. The van der Waals surface area contributed by atoms with Crippen molar-refractivity contribution in [2.45, 2.75) is 0 Å². The molecule has 0 saturated heterocycles. The Kier molecular flexibility index (Phi) is 7.53. The van der Waals surface area contributed by atoms with Gasteiger partial charge in [0.1, 0.15) is 0 Å². The molecule has 0 unspecified atom stereocenters. The maximum absolute atomic E-state index is 10.8. The first-order valence-corrected chi connectivity index (χ1v) is 10.2. The van der Waals surface area contributed by atoms with Crippen molar-refractivity contribution in [3.63, 3.8) is 0 Å². The maximum atomic E-state index is 9.88. The van der Waals surface area contributed by atoms with Crippen molar-refractivity contribution >= 4 is 25.9 Å². The van der Waals surface area contributed by atoms with E-state index in [1.807, 2.05) is 0 Å². The summed E-state index contributed by atoms with van der Waals surface area (Å²) in [5, 5.41) is 0. The van der Waals surface area contributed by atoms with Crippen LogP contribution in [0.3, 0.4) is 0 Å². The van der Waals surface area contributed by atoms with E-state index in [0.717, 1.165) is 0 Å². The van der Waals surface area contributed by atoms with Gasteiger partial charge in [0.05, 0.1) is 0 Å². The SMILES string of the molecule is F[Si-2](F)(F)(F)(F)F.F[Si-2](F)(F)(F)(F)F.F[Si-2](F)(F)(F)(F)F.[Fe+3].[Fe+3]. The minimum Gasteiger partial charge on any atom is 3.00 e. The first-order chi connectivity index (χ1) is 7.35. The summed E-state index contributed by atoms with van der Waals surface area (Å²) in [6.07, 6.45) is 0. The zero-order valence-corrected chi connectivity index (χ0v) is 14.2. The second-order valence-electron chi connectivity index (χ2n) is 3.21. The Morgan fingerprint density at radius 3 is 0.217 bits per heavy atom. The number of hydrogen-bond donors (Lipinski definition) is 0. The number of rotatable bonds is 0. The second kappa shape index (κ2) is 4.99. The molecule has 23 heteroatoms. The summed E-state index contributed by atoms with van der Waals surface area (Å²) in [6, 6.07) is 0. The predicted octanol–water partition coefficient (Wildman–Crippen LogP) is 6.42. The molecule has 0 saturated carbocycles. The molecule has 0 aromatic heterocycles. The van der Waals surface area contributed by atoms with E-state index in [2.05, 4.69) is 0 Å². The normalized spacial score (nSPS) is 21.1. The molecule has 0 amide bonds. The second-order valence-corrected chi connectivity index (χ2v) is 9.64. The van der Waals surface area contributed by atoms with Crippen LogP contribution in [0.5, 0.6) is 0 Å². The van der Waals surface area contributed by atoms with E-state index >= 15 is 0 Å². The summed E-state index contributed by atoms with van der Waals surface area (Å²) in [6.45, 7) is 0. The van der Waals surface area contributed by atoms with E-state index in [4.69, 9.17) is 0 Å². The molecule has 0 N–H and O–H groups in total. The first-order valence-electron chi connectivity index (χ1n) is 3.40. The van der Waals surface area contributed by atoms with Gasteiger partial charge in [-0.05, 0) is 0 Å². The van der Waals surface area contributed by atoms with Crippen LogP contribution in [0.2, 0.25) is 0 Å². The fourth-order valence-electron chi connectivity index (χ4n) is 0. The molecular weight excluding hydrogens is 538 g/mol. The molecule has 0 aliphatic carbocycles. The Balaban J connectivity index is -0.0000000675. The third-order valence-corrected chi connectivity index (χ3v) is 0. The fraction of sp³-hybridized carbons (Fsp3) is 0. The van der Waals surface area contributed by atoms with Gasteiger partial charge in [0.2, 0.25) is 0 Å². The summed E-state index contributed by atoms with van der Waals surface area (Å²) >= 11 is 0. The Hall–Kier alpha value is 0.430. The third kappa shape index (κ3) is 50700. The molecule has 0 heterocycles. The third-order valence-electron chi connectivity index (χ3n) is 0. The molecule has 0 aliphatic rings. The molecular formula is F18Fe2Si3. The Morgan fingerprint density at radius 2 is 0.217 bits per heavy atom. The largest absolute Gasteiger partial charge is 3.00 e. The summed E-state index contributed by atoms with van der Waals surface area (Å²) < 4.78 is 178. The van der Waals surface area contributed by atoms with Crippen molar-refractivity contribution in [1.29, 1.82) is 0 Å². The van der Waals surface area contributed by atoms with Crippen LogP contribution in [-0.4, -0.2) is 25.9 Å². The zero-order valence-electron chi connectivity index (χ0n) is 9.01. The maximum Gasteiger partial charge on any atom is 3.00 e. The van der Waals surface area contributed by atoms with Gasteiger partial charge in [-0.2, -0.15) is 0 Å². The van der Waals surface area contributed by atoms with E-state index in [-0.39, 0.29) is 34.1 Å². The van der Waals surface area contributed by atoms with E-state index in [9.17, 15) is 73.9 Å². The van der Waals surface area contributed by atoms with Gasteiger partial charge in [0.15, 0.2) is 0 Å². The summed E-state index contributed by atoms with van der Waals surface area (Å²) in [5.74, 6) is 0. The van der Waals surface area contributed by atoms with Crippen LogP contribution in [0.25, 0.3) is 0 Å². The molecule has 0 bridgehead atoms. The van der Waals surface area contributed by atoms with Crippen molar-refractivity contribution in [1.82, 2.24) is 0 Å². The molecule has 0 nitrogen and oxygen atoms in total. The van der Waals surface area contributed by atoms with Crippen molar-refractivity contribution < 1.29 is 108 Å². The van der Waals surface area contributed by atoms with Crippen LogP contribution in [-0.2, 0) is 34.1 Å². The average Bonchev–Trinajstić information content (AvgIpc) is 1.19. The van der Waals surface area contributed by atoms with Gasteiger partial charge in [-0.25, -0.2) is 0 Å². The Morgan fingerprint density at radius 1 is 0.217 bits per heavy atom.